The topological polar surface area (TPSA) is 83.4 Å². The molecule has 0 spiro atoms. The maximum absolute atomic E-state index is 12.8. The van der Waals surface area contributed by atoms with Crippen LogP contribution < -0.4 is 10.7 Å². The summed E-state index contributed by atoms with van der Waals surface area (Å²) in [5, 5.41) is 7.50. The molecule has 0 unspecified atom stereocenters. The Bertz CT molecular complexity index is 921. The van der Waals surface area contributed by atoms with Crippen LogP contribution in [0.25, 0.3) is 0 Å². The van der Waals surface area contributed by atoms with E-state index < -0.39 is 17.6 Å². The van der Waals surface area contributed by atoms with Crippen LogP contribution in [-0.4, -0.2) is 22.5 Å². The molecule has 1 aromatic heterocycles. The zero-order chi connectivity index (χ0) is 19.6. The first-order valence-electron chi connectivity index (χ1n) is 8.01. The third kappa shape index (κ3) is 4.70. The van der Waals surface area contributed by atoms with Crippen LogP contribution in [0.3, 0.4) is 0 Å². The average molecular weight is 396 g/mol. The minimum absolute atomic E-state index is 0.189. The number of hydrazone groups is 1. The summed E-state index contributed by atoms with van der Waals surface area (Å²) in [6.45, 7) is 1.70. The van der Waals surface area contributed by atoms with Gasteiger partial charge in [-0.05, 0) is 18.6 Å². The number of benzene rings is 1. The van der Waals surface area contributed by atoms with Crippen molar-refractivity contribution in [1.29, 1.82) is 0 Å². The van der Waals surface area contributed by atoms with Crippen molar-refractivity contribution in [1.82, 2.24) is 10.4 Å². The van der Waals surface area contributed by atoms with Gasteiger partial charge >= 0.3 is 6.18 Å². The number of hydrogen-bond donors (Lipinski definition) is 2. The Hall–Kier alpha value is -2.75. The third-order valence-electron chi connectivity index (χ3n) is 3.84. The number of hydrogen-bond acceptors (Lipinski definition) is 5. The van der Waals surface area contributed by atoms with Gasteiger partial charge in [-0.2, -0.15) is 18.3 Å². The molecule has 0 saturated carbocycles. The lowest BCUT2D eigenvalue weighted by molar-refractivity contribution is -0.137. The smallest absolute Gasteiger partial charge is 0.311 e. The number of aromatic nitrogens is 1. The molecule has 6 nitrogen and oxygen atoms in total. The van der Waals surface area contributed by atoms with E-state index in [1.807, 2.05) is 0 Å². The summed E-state index contributed by atoms with van der Waals surface area (Å²) in [6.07, 6.45) is -3.74. The highest BCUT2D eigenvalue weighted by molar-refractivity contribution is 7.16. The van der Waals surface area contributed by atoms with Gasteiger partial charge in [0.25, 0.3) is 5.91 Å². The van der Waals surface area contributed by atoms with E-state index in [9.17, 15) is 22.8 Å². The molecule has 1 aromatic carbocycles. The largest absolute Gasteiger partial charge is 0.416 e. The predicted molar refractivity (Wildman–Crippen MR) is 94.5 cm³/mol. The Morgan fingerprint density at radius 1 is 1.33 bits per heavy atom. The fourth-order valence-electron chi connectivity index (χ4n) is 2.49. The first-order valence-corrected chi connectivity index (χ1v) is 8.83. The highest BCUT2D eigenvalue weighted by atomic mass is 32.1. The molecule has 1 aliphatic rings. The first-order chi connectivity index (χ1) is 12.7. The lowest BCUT2D eigenvalue weighted by Crippen LogP contribution is -2.32. The van der Waals surface area contributed by atoms with Crippen molar-refractivity contribution in [2.24, 2.45) is 5.10 Å². The van der Waals surface area contributed by atoms with E-state index in [1.54, 1.807) is 13.0 Å². The number of amides is 2. The number of thiazole rings is 1. The van der Waals surface area contributed by atoms with Gasteiger partial charge in [-0.15, -0.1) is 11.3 Å². The fraction of sp³-hybridized carbons (Fsp3) is 0.294. The molecule has 3 rings (SSSR count). The van der Waals surface area contributed by atoms with Crippen LogP contribution in [0, 0.1) is 6.92 Å². The number of halogens is 3. The van der Waals surface area contributed by atoms with E-state index in [-0.39, 0.29) is 30.9 Å². The van der Waals surface area contributed by atoms with E-state index in [4.69, 9.17) is 0 Å². The Kier molecular flexibility index (Phi) is 5.26. The van der Waals surface area contributed by atoms with Gasteiger partial charge in [0.1, 0.15) is 10.7 Å². The maximum Gasteiger partial charge on any atom is 0.416 e. The second-order valence-electron chi connectivity index (χ2n) is 5.94. The number of carbonyl (C=O) groups excluding carboxylic acids is 2. The molecule has 2 amide bonds. The van der Waals surface area contributed by atoms with Crippen LogP contribution in [0.4, 0.5) is 18.2 Å². The first kappa shape index (κ1) is 19.0. The van der Waals surface area contributed by atoms with Crippen molar-refractivity contribution in [3.05, 3.63) is 46.1 Å². The van der Waals surface area contributed by atoms with Crippen LogP contribution in [-0.2, 0) is 22.2 Å². The van der Waals surface area contributed by atoms with Gasteiger partial charge < -0.3 is 5.32 Å². The maximum atomic E-state index is 12.8. The molecular weight excluding hydrogens is 381 g/mol. The summed E-state index contributed by atoms with van der Waals surface area (Å²) in [7, 11) is 0. The molecule has 1 aliphatic heterocycles. The molecule has 2 heterocycles. The number of nitrogens with zero attached hydrogens (tertiary/aromatic N) is 2. The predicted octanol–water partition coefficient (Wildman–Crippen LogP) is 3.27. The van der Waals surface area contributed by atoms with Crippen LogP contribution >= 0.6 is 11.3 Å². The van der Waals surface area contributed by atoms with Gasteiger partial charge in [0.15, 0.2) is 0 Å². The molecule has 0 bridgehead atoms. The molecule has 0 aliphatic carbocycles. The fourth-order valence-corrected chi connectivity index (χ4v) is 3.48. The third-order valence-corrected chi connectivity index (χ3v) is 4.92. The van der Waals surface area contributed by atoms with Crippen LogP contribution in [0.1, 0.15) is 34.7 Å². The summed E-state index contributed by atoms with van der Waals surface area (Å²) in [6, 6.07) is 5.07. The Morgan fingerprint density at radius 3 is 2.78 bits per heavy atom. The molecule has 142 valence electrons. The van der Waals surface area contributed by atoms with E-state index in [1.165, 1.54) is 17.4 Å². The van der Waals surface area contributed by atoms with Gasteiger partial charge in [0.05, 0.1) is 16.3 Å². The number of nitrogens with one attached hydrogen (secondary N) is 2. The average Bonchev–Trinajstić information content (AvgIpc) is 2.94. The summed E-state index contributed by atoms with van der Waals surface area (Å²) < 4.78 is 38.5. The zero-order valence-electron chi connectivity index (χ0n) is 14.2. The minimum atomic E-state index is -4.40. The summed E-state index contributed by atoms with van der Waals surface area (Å²) >= 11 is 1.19. The molecule has 0 fully saturated rings. The number of anilines is 1. The molecule has 2 N–H and O–H groups in total. The quantitative estimate of drug-likeness (QED) is 0.832. The van der Waals surface area contributed by atoms with Crippen molar-refractivity contribution < 1.29 is 22.8 Å². The van der Waals surface area contributed by atoms with Gasteiger partial charge in [0.2, 0.25) is 5.91 Å². The molecule has 0 saturated heterocycles. The normalized spacial score (nSPS) is 14.5. The van der Waals surface area contributed by atoms with Gasteiger partial charge in [-0.25, -0.2) is 10.4 Å². The highest BCUT2D eigenvalue weighted by Gasteiger charge is 2.30. The van der Waals surface area contributed by atoms with Gasteiger partial charge in [-0.3, -0.25) is 9.59 Å². The van der Waals surface area contributed by atoms with E-state index >= 15 is 0 Å². The second-order valence-corrected chi connectivity index (χ2v) is 7.03. The monoisotopic (exact) mass is 396 g/mol. The number of carbonyl (C=O) groups is 2. The standard InChI is InChI=1S/C17H15F3N4O2S/c1-9-16(22-15(26)12-5-6-13(25)24-23-12)27-14(21-9)8-10-3-2-4-11(7-10)17(18,19)20/h2-4,7H,5-6,8H2,1H3,(H,22,26)(H,24,25). The molecule has 27 heavy (non-hydrogen) atoms. The van der Waals surface area contributed by atoms with Crippen molar-refractivity contribution in [2.45, 2.75) is 32.4 Å². The van der Waals surface area contributed by atoms with Crippen molar-refractivity contribution in [3.63, 3.8) is 0 Å². The minimum Gasteiger partial charge on any atom is -0.311 e. The van der Waals surface area contributed by atoms with Crippen molar-refractivity contribution in [2.75, 3.05) is 5.32 Å². The van der Waals surface area contributed by atoms with Gasteiger partial charge in [0, 0.05) is 19.3 Å². The highest BCUT2D eigenvalue weighted by Crippen LogP contribution is 2.31. The Labute approximate surface area is 156 Å². The Morgan fingerprint density at radius 2 is 2.11 bits per heavy atom. The summed E-state index contributed by atoms with van der Waals surface area (Å²) in [4.78, 5) is 27.6. The van der Waals surface area contributed by atoms with Crippen LogP contribution in [0.5, 0.6) is 0 Å². The summed E-state index contributed by atoms with van der Waals surface area (Å²) in [5.74, 6) is -0.684. The lowest BCUT2D eigenvalue weighted by atomic mass is 10.1. The molecule has 2 aromatic rings. The molecule has 0 atom stereocenters. The lowest BCUT2D eigenvalue weighted by Gasteiger charge is -2.11. The van der Waals surface area contributed by atoms with Crippen molar-refractivity contribution in [3.8, 4) is 0 Å². The van der Waals surface area contributed by atoms with Crippen molar-refractivity contribution >= 4 is 33.9 Å². The summed E-state index contributed by atoms with van der Waals surface area (Å²) in [5.41, 5.74) is 2.80. The van der Waals surface area contributed by atoms with E-state index in [2.05, 4.69) is 20.8 Å². The number of alkyl halides is 3. The number of aryl methyl sites for hydroxylation is 1. The van der Waals surface area contributed by atoms with Crippen LogP contribution in [0.2, 0.25) is 0 Å². The SMILES string of the molecule is Cc1nc(Cc2cccc(C(F)(F)F)c2)sc1NC(=O)C1=NNC(=O)CC1. The molecular formula is C17H15F3N4O2S. The number of rotatable bonds is 4. The second kappa shape index (κ2) is 7.47. The van der Waals surface area contributed by atoms with E-state index in [0.29, 0.717) is 21.3 Å². The molecule has 0 radical (unpaired) electrons. The van der Waals surface area contributed by atoms with Crippen LogP contribution in [0.15, 0.2) is 29.4 Å². The molecule has 10 heteroatoms. The van der Waals surface area contributed by atoms with E-state index in [0.717, 1.165) is 12.1 Å². The Balaban J connectivity index is 1.71. The van der Waals surface area contributed by atoms with Gasteiger partial charge in [-0.1, -0.05) is 18.2 Å². The zero-order valence-corrected chi connectivity index (χ0v) is 15.0.